The van der Waals surface area contributed by atoms with E-state index in [9.17, 15) is 0 Å². The number of nitrogens with zero attached hydrogens (tertiary/aromatic N) is 1. The summed E-state index contributed by atoms with van der Waals surface area (Å²) in [5.41, 5.74) is 3.91. The summed E-state index contributed by atoms with van der Waals surface area (Å²) in [4.78, 5) is 2.30. The largest absolute Gasteiger partial charge is 0.373 e. The van der Waals surface area contributed by atoms with Crippen molar-refractivity contribution >= 4 is 21.6 Å². The minimum absolute atomic E-state index is 0.366. The first-order chi connectivity index (χ1) is 10.1. The van der Waals surface area contributed by atoms with Crippen molar-refractivity contribution in [1.82, 2.24) is 5.32 Å². The average Bonchev–Trinajstić information content (AvgIpc) is 2.52. The molecule has 112 valence electrons. The van der Waals surface area contributed by atoms with Crippen LogP contribution in [0.25, 0.3) is 0 Å². The lowest BCUT2D eigenvalue weighted by atomic mass is 10.1. The van der Waals surface area contributed by atoms with Gasteiger partial charge in [0.25, 0.3) is 0 Å². The Kier molecular flexibility index (Phi) is 5.83. The Morgan fingerprint density at radius 1 is 1.14 bits per heavy atom. The van der Waals surface area contributed by atoms with Crippen molar-refractivity contribution in [3.8, 4) is 0 Å². The number of hydrogen-bond acceptors (Lipinski definition) is 2. The molecule has 21 heavy (non-hydrogen) atoms. The third-order valence-corrected chi connectivity index (χ3v) is 4.53. The van der Waals surface area contributed by atoms with Crippen LogP contribution < -0.4 is 10.2 Å². The molecule has 0 spiro atoms. The van der Waals surface area contributed by atoms with Crippen molar-refractivity contribution in [3.63, 3.8) is 0 Å². The predicted octanol–water partition coefficient (Wildman–Crippen LogP) is 4.41. The molecule has 1 atom stereocenters. The van der Waals surface area contributed by atoms with Crippen molar-refractivity contribution in [3.05, 3.63) is 64.1 Å². The van der Waals surface area contributed by atoms with Gasteiger partial charge in [-0.25, -0.2) is 0 Å². The summed E-state index contributed by atoms with van der Waals surface area (Å²) in [7, 11) is 4.13. The second-order valence-corrected chi connectivity index (χ2v) is 6.23. The third kappa shape index (κ3) is 4.32. The van der Waals surface area contributed by atoms with E-state index in [4.69, 9.17) is 0 Å². The van der Waals surface area contributed by atoms with E-state index in [1.807, 2.05) is 7.05 Å². The van der Waals surface area contributed by atoms with Crippen molar-refractivity contribution in [2.24, 2.45) is 0 Å². The van der Waals surface area contributed by atoms with Crippen LogP contribution in [0.3, 0.4) is 0 Å². The predicted molar refractivity (Wildman–Crippen MR) is 95.0 cm³/mol. The summed E-state index contributed by atoms with van der Waals surface area (Å²) in [6.07, 6.45) is 1.05. The number of benzene rings is 2. The number of anilines is 1. The number of rotatable bonds is 6. The van der Waals surface area contributed by atoms with Crippen LogP contribution in [0.4, 0.5) is 5.69 Å². The van der Waals surface area contributed by atoms with Gasteiger partial charge in [-0.1, -0.05) is 36.4 Å². The van der Waals surface area contributed by atoms with Crippen LogP contribution in [0, 0.1) is 0 Å². The molecule has 2 rings (SSSR count). The molecular formula is C18H23BrN2. The molecule has 0 aliphatic rings. The van der Waals surface area contributed by atoms with E-state index in [0.29, 0.717) is 6.04 Å². The second-order valence-electron chi connectivity index (χ2n) is 5.38. The quantitative estimate of drug-likeness (QED) is 0.833. The van der Waals surface area contributed by atoms with Crippen molar-refractivity contribution < 1.29 is 0 Å². The topological polar surface area (TPSA) is 15.3 Å². The number of halogens is 1. The van der Waals surface area contributed by atoms with E-state index >= 15 is 0 Å². The molecule has 0 aromatic heterocycles. The number of nitrogens with one attached hydrogen (secondary N) is 1. The van der Waals surface area contributed by atoms with Gasteiger partial charge in [0.05, 0.1) is 5.69 Å². The minimum Gasteiger partial charge on any atom is -0.373 e. The number of likely N-dealkylation sites (N-methyl/N-ethyl adjacent to an activating group) is 1. The smallest absolute Gasteiger partial charge is 0.0508 e. The molecule has 0 heterocycles. The Hall–Kier alpha value is -1.32. The third-order valence-electron chi connectivity index (χ3n) is 3.89. The van der Waals surface area contributed by atoms with Gasteiger partial charge in [-0.2, -0.15) is 0 Å². The van der Waals surface area contributed by atoms with Gasteiger partial charge in [0.2, 0.25) is 0 Å². The van der Waals surface area contributed by atoms with Crippen LogP contribution >= 0.6 is 15.9 Å². The molecule has 0 aliphatic heterocycles. The maximum Gasteiger partial charge on any atom is 0.0508 e. The highest BCUT2D eigenvalue weighted by Gasteiger charge is 2.09. The van der Waals surface area contributed by atoms with Crippen molar-refractivity contribution in [2.75, 3.05) is 25.5 Å². The van der Waals surface area contributed by atoms with Crippen LogP contribution in [-0.2, 0) is 6.42 Å². The van der Waals surface area contributed by atoms with Gasteiger partial charge in [0, 0.05) is 24.1 Å². The summed E-state index contributed by atoms with van der Waals surface area (Å²) in [6, 6.07) is 17.6. The standard InChI is InChI=1S/C18H23BrN2/c1-14(20-2)16-9-10-18(17(19)13-16)21(3)12-11-15-7-5-4-6-8-15/h4-10,13-14,20H,11-12H2,1-3H3. The Bertz CT molecular complexity index is 569. The summed E-state index contributed by atoms with van der Waals surface area (Å²) >= 11 is 3.70. The highest BCUT2D eigenvalue weighted by Crippen LogP contribution is 2.28. The molecule has 2 nitrogen and oxygen atoms in total. The van der Waals surface area contributed by atoms with Gasteiger partial charge in [-0.3, -0.25) is 0 Å². The van der Waals surface area contributed by atoms with E-state index < -0.39 is 0 Å². The van der Waals surface area contributed by atoms with Gasteiger partial charge in [-0.05, 0) is 59.6 Å². The molecule has 0 saturated carbocycles. The van der Waals surface area contributed by atoms with Gasteiger partial charge in [0.1, 0.15) is 0 Å². The first kappa shape index (κ1) is 16.1. The number of hydrogen-bond donors (Lipinski definition) is 1. The average molecular weight is 347 g/mol. The fourth-order valence-electron chi connectivity index (χ4n) is 2.33. The molecule has 2 aromatic rings. The van der Waals surface area contributed by atoms with Crippen molar-refractivity contribution in [1.29, 1.82) is 0 Å². The van der Waals surface area contributed by atoms with E-state index in [1.165, 1.54) is 16.8 Å². The van der Waals surface area contributed by atoms with Crippen molar-refractivity contribution in [2.45, 2.75) is 19.4 Å². The lowest BCUT2D eigenvalue weighted by Crippen LogP contribution is -2.21. The summed E-state index contributed by atoms with van der Waals surface area (Å²) < 4.78 is 1.15. The Balaban J connectivity index is 2.04. The zero-order chi connectivity index (χ0) is 15.2. The van der Waals surface area contributed by atoms with E-state index in [0.717, 1.165) is 17.4 Å². The van der Waals surface area contributed by atoms with Crippen LogP contribution in [-0.4, -0.2) is 20.6 Å². The molecule has 1 N–H and O–H groups in total. The molecule has 2 aromatic carbocycles. The monoisotopic (exact) mass is 346 g/mol. The maximum absolute atomic E-state index is 3.70. The van der Waals surface area contributed by atoms with Crippen LogP contribution in [0.15, 0.2) is 53.0 Å². The van der Waals surface area contributed by atoms with E-state index in [2.05, 4.69) is 88.6 Å². The molecule has 0 fully saturated rings. The second kappa shape index (κ2) is 7.62. The molecule has 0 radical (unpaired) electrons. The Morgan fingerprint density at radius 3 is 2.48 bits per heavy atom. The summed E-state index contributed by atoms with van der Waals surface area (Å²) in [6.45, 7) is 3.17. The van der Waals surface area contributed by atoms with E-state index in [-0.39, 0.29) is 0 Å². The normalized spacial score (nSPS) is 12.2. The van der Waals surface area contributed by atoms with E-state index in [1.54, 1.807) is 0 Å². The van der Waals surface area contributed by atoms with Gasteiger partial charge in [0.15, 0.2) is 0 Å². The van der Waals surface area contributed by atoms with Crippen LogP contribution in [0.1, 0.15) is 24.1 Å². The molecule has 3 heteroatoms. The molecule has 0 aliphatic carbocycles. The first-order valence-corrected chi connectivity index (χ1v) is 8.13. The van der Waals surface area contributed by atoms with Crippen LogP contribution in [0.2, 0.25) is 0 Å². The van der Waals surface area contributed by atoms with Crippen LogP contribution in [0.5, 0.6) is 0 Å². The van der Waals surface area contributed by atoms with Gasteiger partial charge in [-0.15, -0.1) is 0 Å². The lowest BCUT2D eigenvalue weighted by Gasteiger charge is -2.22. The molecule has 1 unspecified atom stereocenters. The van der Waals surface area contributed by atoms with Gasteiger partial charge < -0.3 is 10.2 Å². The minimum atomic E-state index is 0.366. The maximum atomic E-state index is 3.70. The van der Waals surface area contributed by atoms with Gasteiger partial charge >= 0.3 is 0 Å². The zero-order valence-corrected chi connectivity index (χ0v) is 14.5. The summed E-state index contributed by atoms with van der Waals surface area (Å²) in [5.74, 6) is 0. The lowest BCUT2D eigenvalue weighted by molar-refractivity contribution is 0.652. The first-order valence-electron chi connectivity index (χ1n) is 7.33. The summed E-state index contributed by atoms with van der Waals surface area (Å²) in [5, 5.41) is 3.27. The fourth-order valence-corrected chi connectivity index (χ4v) is 3.03. The molecule has 0 bridgehead atoms. The Morgan fingerprint density at radius 2 is 1.86 bits per heavy atom. The fraction of sp³-hybridized carbons (Fsp3) is 0.333. The Labute approximate surface area is 136 Å². The highest BCUT2D eigenvalue weighted by molar-refractivity contribution is 9.10. The molecule has 0 amide bonds. The SMILES string of the molecule is CNC(C)c1ccc(N(C)CCc2ccccc2)c(Br)c1. The molecular weight excluding hydrogens is 324 g/mol. The molecule has 0 saturated heterocycles. The zero-order valence-electron chi connectivity index (χ0n) is 12.9. The highest BCUT2D eigenvalue weighted by atomic mass is 79.9.